The molecule has 22 heavy (non-hydrogen) atoms. The van der Waals surface area contributed by atoms with Crippen LogP contribution in [-0.4, -0.2) is 5.11 Å². The number of hydrogen-bond donors (Lipinski definition) is 1. The van der Waals surface area contributed by atoms with E-state index in [9.17, 15) is 5.11 Å². The van der Waals surface area contributed by atoms with Gasteiger partial charge < -0.3 is 5.11 Å². The summed E-state index contributed by atoms with van der Waals surface area (Å²) in [6.45, 7) is 13.2. The molecule has 0 bridgehead atoms. The van der Waals surface area contributed by atoms with Gasteiger partial charge in [0.05, 0.1) is 0 Å². The van der Waals surface area contributed by atoms with Gasteiger partial charge >= 0.3 is 0 Å². The molecular formula is C21H26O. The second-order valence-corrected chi connectivity index (χ2v) is 8.51. The van der Waals surface area contributed by atoms with Gasteiger partial charge in [0.2, 0.25) is 0 Å². The zero-order valence-electron chi connectivity index (χ0n) is 14.5. The van der Waals surface area contributed by atoms with E-state index in [-0.39, 0.29) is 10.8 Å². The molecule has 2 aromatic carbocycles. The van der Waals surface area contributed by atoms with Crippen LogP contribution in [0, 0.1) is 0 Å². The fraction of sp³-hybridized carbons (Fsp3) is 0.429. The zero-order valence-corrected chi connectivity index (χ0v) is 14.5. The molecule has 0 aromatic heterocycles. The summed E-state index contributed by atoms with van der Waals surface area (Å²) in [5.41, 5.74) is 7.20. The van der Waals surface area contributed by atoms with E-state index in [0.717, 1.165) is 17.5 Å². The van der Waals surface area contributed by atoms with Gasteiger partial charge in [0, 0.05) is 17.5 Å². The summed E-state index contributed by atoms with van der Waals surface area (Å²) in [4.78, 5) is 0. The van der Waals surface area contributed by atoms with E-state index >= 15 is 0 Å². The Hall–Kier alpha value is -1.76. The molecule has 1 heteroatoms. The molecule has 1 aliphatic carbocycles. The van der Waals surface area contributed by atoms with Crippen LogP contribution in [0.2, 0.25) is 0 Å². The minimum atomic E-state index is -0.0729. The lowest BCUT2D eigenvalue weighted by Gasteiger charge is -2.32. The van der Waals surface area contributed by atoms with E-state index in [1.54, 1.807) is 0 Å². The molecule has 0 amide bonds. The normalized spacial score (nSPS) is 13.9. The SMILES string of the molecule is CC(C)(C)c1cc2c(c(O)c1C(C)(C)C)Cc1ccccc1-2. The second kappa shape index (κ2) is 4.62. The monoisotopic (exact) mass is 294 g/mol. The number of benzene rings is 2. The lowest BCUT2D eigenvalue weighted by molar-refractivity contribution is 0.431. The van der Waals surface area contributed by atoms with Crippen molar-refractivity contribution in [3.63, 3.8) is 0 Å². The average Bonchev–Trinajstić information content (AvgIpc) is 2.75. The van der Waals surface area contributed by atoms with Gasteiger partial charge in [-0.2, -0.15) is 0 Å². The van der Waals surface area contributed by atoms with E-state index in [4.69, 9.17) is 0 Å². The first kappa shape index (κ1) is 15.1. The predicted octanol–water partition coefficient (Wildman–Crippen LogP) is 5.56. The van der Waals surface area contributed by atoms with E-state index in [0.29, 0.717) is 5.75 Å². The quantitative estimate of drug-likeness (QED) is 0.575. The molecular weight excluding hydrogens is 268 g/mol. The first-order valence-corrected chi connectivity index (χ1v) is 8.09. The van der Waals surface area contributed by atoms with Gasteiger partial charge in [-0.3, -0.25) is 0 Å². The summed E-state index contributed by atoms with van der Waals surface area (Å²) >= 11 is 0. The number of fused-ring (bicyclic) bond motifs is 3. The van der Waals surface area contributed by atoms with Crippen LogP contribution in [0.5, 0.6) is 5.75 Å². The minimum absolute atomic E-state index is 0.00660. The maximum atomic E-state index is 11.1. The fourth-order valence-corrected chi connectivity index (χ4v) is 3.61. The molecule has 1 aliphatic rings. The summed E-state index contributed by atoms with van der Waals surface area (Å²) in [5.74, 6) is 0.506. The minimum Gasteiger partial charge on any atom is -0.507 e. The first-order valence-electron chi connectivity index (χ1n) is 8.09. The predicted molar refractivity (Wildman–Crippen MR) is 93.7 cm³/mol. The molecule has 1 nitrogen and oxygen atoms in total. The number of hydrogen-bond acceptors (Lipinski definition) is 1. The molecule has 0 radical (unpaired) electrons. The first-order chi connectivity index (χ1) is 10.1. The van der Waals surface area contributed by atoms with Crippen LogP contribution in [0.3, 0.4) is 0 Å². The van der Waals surface area contributed by atoms with Crippen LogP contribution in [-0.2, 0) is 17.3 Å². The van der Waals surface area contributed by atoms with Crippen molar-refractivity contribution in [1.29, 1.82) is 0 Å². The topological polar surface area (TPSA) is 20.2 Å². The zero-order chi connectivity index (χ0) is 16.3. The highest BCUT2D eigenvalue weighted by atomic mass is 16.3. The number of rotatable bonds is 0. The molecule has 0 unspecified atom stereocenters. The molecule has 2 aromatic rings. The Balaban J connectivity index is 2.36. The van der Waals surface area contributed by atoms with Crippen LogP contribution in [0.15, 0.2) is 30.3 Å². The molecule has 0 spiro atoms. The fourth-order valence-electron chi connectivity index (χ4n) is 3.61. The Morgan fingerprint density at radius 2 is 1.50 bits per heavy atom. The summed E-state index contributed by atoms with van der Waals surface area (Å²) in [5, 5.41) is 11.1. The van der Waals surface area contributed by atoms with Crippen LogP contribution < -0.4 is 0 Å². The molecule has 0 saturated heterocycles. The van der Waals surface area contributed by atoms with Gasteiger partial charge in [-0.1, -0.05) is 65.8 Å². The van der Waals surface area contributed by atoms with Crippen molar-refractivity contribution >= 4 is 0 Å². The molecule has 1 N–H and O–H groups in total. The highest BCUT2D eigenvalue weighted by Crippen LogP contribution is 2.49. The third kappa shape index (κ3) is 2.24. The third-order valence-corrected chi connectivity index (χ3v) is 4.64. The number of phenolic OH excluding ortho intramolecular Hbond substituents is 1. The Kier molecular flexibility index (Phi) is 3.18. The van der Waals surface area contributed by atoms with Crippen molar-refractivity contribution in [2.75, 3.05) is 0 Å². The van der Waals surface area contributed by atoms with Crippen molar-refractivity contribution in [2.24, 2.45) is 0 Å². The van der Waals surface area contributed by atoms with Crippen LogP contribution in [0.25, 0.3) is 11.1 Å². The van der Waals surface area contributed by atoms with Gasteiger partial charge in [0.1, 0.15) is 5.75 Å². The van der Waals surface area contributed by atoms with Crippen molar-refractivity contribution in [2.45, 2.75) is 58.8 Å². The van der Waals surface area contributed by atoms with Gasteiger partial charge in [0.25, 0.3) is 0 Å². The van der Waals surface area contributed by atoms with Crippen LogP contribution >= 0.6 is 0 Å². The summed E-state index contributed by atoms with van der Waals surface area (Å²) in [6.07, 6.45) is 0.838. The van der Waals surface area contributed by atoms with E-state index < -0.39 is 0 Å². The Morgan fingerprint density at radius 3 is 2.09 bits per heavy atom. The summed E-state index contributed by atoms with van der Waals surface area (Å²) in [6, 6.07) is 10.8. The Labute approximate surface area is 134 Å². The van der Waals surface area contributed by atoms with Gasteiger partial charge in [0.15, 0.2) is 0 Å². The van der Waals surface area contributed by atoms with Crippen molar-refractivity contribution in [3.8, 4) is 16.9 Å². The molecule has 0 saturated carbocycles. The Morgan fingerprint density at radius 1 is 0.864 bits per heavy atom. The smallest absolute Gasteiger partial charge is 0.123 e. The van der Waals surface area contributed by atoms with Gasteiger partial charge in [-0.05, 0) is 39.2 Å². The summed E-state index contributed by atoms with van der Waals surface area (Å²) in [7, 11) is 0. The van der Waals surface area contributed by atoms with Crippen molar-refractivity contribution in [1.82, 2.24) is 0 Å². The van der Waals surface area contributed by atoms with E-state index in [1.807, 2.05) is 0 Å². The lowest BCUT2D eigenvalue weighted by atomic mass is 9.73. The van der Waals surface area contributed by atoms with Crippen molar-refractivity contribution in [3.05, 3.63) is 52.6 Å². The molecule has 3 rings (SSSR count). The molecule has 0 fully saturated rings. The van der Waals surface area contributed by atoms with Crippen molar-refractivity contribution < 1.29 is 5.11 Å². The highest BCUT2D eigenvalue weighted by molar-refractivity contribution is 5.81. The molecule has 116 valence electrons. The molecule has 0 aliphatic heterocycles. The van der Waals surface area contributed by atoms with Crippen LogP contribution in [0.1, 0.15) is 63.8 Å². The standard InChI is InChI=1S/C21H26O/c1-20(2,3)17-12-15-14-10-8-7-9-13(14)11-16(15)19(22)18(17)21(4,5)6/h7-10,12,22H,11H2,1-6H3. The molecule has 0 atom stereocenters. The number of phenols is 1. The lowest BCUT2D eigenvalue weighted by Crippen LogP contribution is -2.22. The largest absolute Gasteiger partial charge is 0.507 e. The highest BCUT2D eigenvalue weighted by Gasteiger charge is 2.33. The Bertz CT molecular complexity index is 740. The van der Waals surface area contributed by atoms with Gasteiger partial charge in [-0.25, -0.2) is 0 Å². The second-order valence-electron chi connectivity index (χ2n) is 8.51. The van der Waals surface area contributed by atoms with Crippen LogP contribution in [0.4, 0.5) is 0 Å². The maximum absolute atomic E-state index is 11.1. The third-order valence-electron chi connectivity index (χ3n) is 4.64. The molecule has 0 heterocycles. The number of aromatic hydroxyl groups is 1. The maximum Gasteiger partial charge on any atom is 0.123 e. The van der Waals surface area contributed by atoms with E-state index in [2.05, 4.69) is 71.9 Å². The average molecular weight is 294 g/mol. The summed E-state index contributed by atoms with van der Waals surface area (Å²) < 4.78 is 0. The van der Waals surface area contributed by atoms with E-state index in [1.165, 1.54) is 22.3 Å². The van der Waals surface area contributed by atoms with Gasteiger partial charge in [-0.15, -0.1) is 0 Å².